The van der Waals surface area contributed by atoms with E-state index in [-0.39, 0.29) is 11.5 Å². The van der Waals surface area contributed by atoms with Crippen LogP contribution >= 0.6 is 0 Å². The number of hydrogen-bond donors (Lipinski definition) is 0. The lowest BCUT2D eigenvalue weighted by Crippen LogP contribution is -2.42. The van der Waals surface area contributed by atoms with E-state index < -0.39 is 0 Å². The highest BCUT2D eigenvalue weighted by Gasteiger charge is 2.47. The Morgan fingerprint density at radius 3 is 2.33 bits per heavy atom. The lowest BCUT2D eigenvalue weighted by atomic mass is 9.80. The first-order valence-electron chi connectivity index (χ1n) is 16.4. The van der Waals surface area contributed by atoms with Crippen molar-refractivity contribution in [3.8, 4) is 22.9 Å². The summed E-state index contributed by atoms with van der Waals surface area (Å²) >= 11 is 0. The molecule has 1 aliphatic heterocycles. The summed E-state index contributed by atoms with van der Waals surface area (Å²) < 4.78 is 9.41. The SMILES string of the molecule is CC12C=CC=CC1c1ccccc1N2c1ccc(C#N)cc1-c1cccc2c1oc1c2ccc2c3ccccc3n(-c3ccccc3)c21. The van der Waals surface area contributed by atoms with Crippen LogP contribution in [0.5, 0.6) is 0 Å². The van der Waals surface area contributed by atoms with Crippen molar-refractivity contribution in [2.75, 3.05) is 4.90 Å². The van der Waals surface area contributed by atoms with Crippen LogP contribution in [-0.2, 0) is 0 Å². The van der Waals surface area contributed by atoms with Gasteiger partial charge in [-0.1, -0.05) is 103 Å². The highest BCUT2D eigenvalue weighted by atomic mass is 16.3. The van der Waals surface area contributed by atoms with Crippen LogP contribution in [0.15, 0.2) is 156 Å². The van der Waals surface area contributed by atoms with Gasteiger partial charge in [0.2, 0.25) is 0 Å². The Bertz CT molecular complexity index is 2720. The molecule has 2 atom stereocenters. The summed E-state index contributed by atoms with van der Waals surface area (Å²) in [5.41, 5.74) is 10.7. The van der Waals surface area contributed by atoms with Crippen molar-refractivity contribution in [2.45, 2.75) is 18.4 Å². The fourth-order valence-electron chi connectivity index (χ4n) is 8.34. The van der Waals surface area contributed by atoms with E-state index in [0.29, 0.717) is 5.56 Å². The molecule has 3 heterocycles. The Morgan fingerprint density at radius 2 is 1.44 bits per heavy atom. The van der Waals surface area contributed by atoms with Crippen molar-refractivity contribution >= 4 is 55.1 Å². The fourth-order valence-corrected chi connectivity index (χ4v) is 8.34. The highest BCUT2D eigenvalue weighted by Crippen LogP contribution is 2.56. The maximum atomic E-state index is 10.1. The van der Waals surface area contributed by atoms with Crippen molar-refractivity contribution in [1.82, 2.24) is 4.57 Å². The van der Waals surface area contributed by atoms with Gasteiger partial charge in [-0.2, -0.15) is 5.26 Å². The first-order chi connectivity index (χ1) is 23.7. The number of anilines is 2. The average Bonchev–Trinajstić information content (AvgIpc) is 3.77. The van der Waals surface area contributed by atoms with Gasteiger partial charge in [-0.3, -0.25) is 0 Å². The number of hydrogen-bond acceptors (Lipinski definition) is 3. The van der Waals surface area contributed by atoms with Crippen LogP contribution in [0.4, 0.5) is 11.4 Å². The summed E-state index contributed by atoms with van der Waals surface area (Å²) in [6.45, 7) is 2.31. The summed E-state index contributed by atoms with van der Waals surface area (Å²) in [6, 6.07) is 47.0. The van der Waals surface area contributed by atoms with Gasteiger partial charge in [-0.05, 0) is 61.0 Å². The first kappa shape index (κ1) is 26.9. The van der Waals surface area contributed by atoms with Crippen LogP contribution in [0.2, 0.25) is 0 Å². The molecule has 4 heteroatoms. The van der Waals surface area contributed by atoms with E-state index in [2.05, 4.69) is 156 Å². The van der Waals surface area contributed by atoms with Gasteiger partial charge in [0.15, 0.2) is 5.58 Å². The molecule has 0 radical (unpaired) electrons. The predicted octanol–water partition coefficient (Wildman–Crippen LogP) is 11.3. The van der Waals surface area contributed by atoms with Gasteiger partial charge in [0, 0.05) is 50.0 Å². The van der Waals surface area contributed by atoms with Crippen LogP contribution in [0.25, 0.3) is 60.6 Å². The lowest BCUT2D eigenvalue weighted by molar-refractivity contribution is 0.542. The second kappa shape index (κ2) is 9.84. The van der Waals surface area contributed by atoms with E-state index in [1.54, 1.807) is 0 Å². The molecule has 0 N–H and O–H groups in total. The molecule has 0 saturated carbocycles. The fraction of sp³-hybridized carbons (Fsp3) is 0.0682. The number of para-hydroxylation sites is 4. The molecule has 8 aromatic rings. The summed E-state index contributed by atoms with van der Waals surface area (Å²) in [4.78, 5) is 2.45. The Morgan fingerprint density at radius 1 is 0.667 bits per heavy atom. The molecule has 0 bridgehead atoms. The third-order valence-corrected chi connectivity index (χ3v) is 10.4. The monoisotopic (exact) mass is 615 g/mol. The van der Waals surface area contributed by atoms with E-state index in [1.807, 2.05) is 18.2 Å². The van der Waals surface area contributed by atoms with Gasteiger partial charge in [0.25, 0.3) is 0 Å². The van der Waals surface area contributed by atoms with Gasteiger partial charge >= 0.3 is 0 Å². The first-order valence-corrected chi connectivity index (χ1v) is 16.4. The standard InChI is InChI=1S/C44H29N3O/c1-44-25-10-9-18-37(44)35-15-6-8-20-39(35)47(44)40-24-21-28(27-45)26-36(40)33-17-11-16-32-34-23-22-31-30-14-5-7-19-38(30)46(29-12-3-2-4-13-29)41(31)43(34)48-42(32)33/h2-26,37H,1H3. The molecule has 6 aromatic carbocycles. The van der Waals surface area contributed by atoms with Crippen LogP contribution in [0, 0.1) is 11.3 Å². The third kappa shape index (κ3) is 3.53. The number of benzene rings is 6. The Kier molecular flexibility index (Phi) is 5.51. The van der Waals surface area contributed by atoms with Gasteiger partial charge in [-0.25, -0.2) is 0 Å². The Balaban J connectivity index is 1.28. The number of rotatable bonds is 3. The molecule has 0 saturated heterocycles. The summed E-state index contributed by atoms with van der Waals surface area (Å²) in [6.07, 6.45) is 8.91. The quantitative estimate of drug-likeness (QED) is 0.199. The second-order valence-electron chi connectivity index (χ2n) is 13.0. The summed E-state index contributed by atoms with van der Waals surface area (Å²) in [5, 5.41) is 14.6. The number of allylic oxidation sites excluding steroid dienone is 2. The van der Waals surface area contributed by atoms with Crippen molar-refractivity contribution in [3.05, 3.63) is 163 Å². The van der Waals surface area contributed by atoms with E-state index in [0.717, 1.165) is 60.9 Å². The molecule has 1 aliphatic carbocycles. The van der Waals surface area contributed by atoms with Crippen molar-refractivity contribution in [1.29, 1.82) is 5.26 Å². The van der Waals surface area contributed by atoms with Crippen LogP contribution in [-0.4, -0.2) is 10.1 Å². The minimum atomic E-state index is -0.314. The molecule has 48 heavy (non-hydrogen) atoms. The van der Waals surface area contributed by atoms with Gasteiger partial charge in [0.05, 0.1) is 33.9 Å². The van der Waals surface area contributed by atoms with E-state index in [9.17, 15) is 5.26 Å². The van der Waals surface area contributed by atoms with Crippen LogP contribution < -0.4 is 4.90 Å². The molecular weight excluding hydrogens is 587 g/mol. The topological polar surface area (TPSA) is 45.1 Å². The van der Waals surface area contributed by atoms with Gasteiger partial charge in [-0.15, -0.1) is 0 Å². The molecular formula is C44H29N3O. The van der Waals surface area contributed by atoms with Crippen LogP contribution in [0.1, 0.15) is 24.0 Å². The third-order valence-electron chi connectivity index (χ3n) is 10.4. The van der Waals surface area contributed by atoms with Crippen molar-refractivity contribution in [3.63, 3.8) is 0 Å². The van der Waals surface area contributed by atoms with Gasteiger partial charge < -0.3 is 13.9 Å². The molecule has 0 amide bonds. The zero-order chi connectivity index (χ0) is 32.0. The summed E-state index contributed by atoms with van der Waals surface area (Å²) in [7, 11) is 0. The highest BCUT2D eigenvalue weighted by molar-refractivity contribution is 6.22. The number of fused-ring (bicyclic) bond motifs is 10. The molecule has 4 nitrogen and oxygen atoms in total. The van der Waals surface area contributed by atoms with E-state index >= 15 is 0 Å². The maximum Gasteiger partial charge on any atom is 0.160 e. The molecule has 2 aliphatic rings. The molecule has 10 rings (SSSR count). The van der Waals surface area contributed by atoms with E-state index in [4.69, 9.17) is 4.42 Å². The van der Waals surface area contributed by atoms with Crippen molar-refractivity contribution in [2.24, 2.45) is 0 Å². The number of nitrogens with zero attached hydrogens (tertiary/aromatic N) is 3. The zero-order valence-corrected chi connectivity index (χ0v) is 26.3. The Labute approximate surface area is 277 Å². The average molecular weight is 616 g/mol. The smallest absolute Gasteiger partial charge is 0.160 e. The lowest BCUT2D eigenvalue weighted by Gasteiger charge is -2.40. The second-order valence-corrected chi connectivity index (χ2v) is 13.0. The molecule has 0 spiro atoms. The van der Waals surface area contributed by atoms with Crippen molar-refractivity contribution < 1.29 is 4.42 Å². The molecule has 2 unspecified atom stereocenters. The number of aromatic nitrogens is 1. The Hall–Kier alpha value is -6.31. The molecule has 0 fully saturated rings. The largest absolute Gasteiger partial charge is 0.453 e. The normalized spacial score (nSPS) is 18.2. The minimum absolute atomic E-state index is 0.206. The van der Waals surface area contributed by atoms with E-state index in [1.165, 1.54) is 16.6 Å². The zero-order valence-electron chi connectivity index (χ0n) is 26.3. The summed E-state index contributed by atoms with van der Waals surface area (Å²) in [5.74, 6) is 0.206. The minimum Gasteiger partial charge on any atom is -0.453 e. The number of furan rings is 1. The molecule has 226 valence electrons. The van der Waals surface area contributed by atoms with Gasteiger partial charge in [0.1, 0.15) is 5.58 Å². The molecule has 2 aromatic heterocycles. The number of nitriles is 1. The predicted molar refractivity (Wildman–Crippen MR) is 196 cm³/mol. The van der Waals surface area contributed by atoms with Crippen LogP contribution in [0.3, 0.4) is 0 Å². The maximum absolute atomic E-state index is 10.1.